The molecule has 10 heteroatoms. The van der Waals surface area contributed by atoms with Crippen LogP contribution < -0.4 is 20.8 Å². The second-order valence-electron chi connectivity index (χ2n) is 8.22. The number of rotatable bonds is 7. The first-order valence-electron chi connectivity index (χ1n) is 10.8. The number of para-hydroxylation sites is 1. The fourth-order valence-electron chi connectivity index (χ4n) is 3.78. The third-order valence-corrected chi connectivity index (χ3v) is 6.95. The number of benzene rings is 2. The van der Waals surface area contributed by atoms with Gasteiger partial charge in [0.15, 0.2) is 5.76 Å². The monoisotopic (exact) mass is 495 g/mol. The molecule has 0 radical (unpaired) electrons. The molecule has 4 rings (SSSR count). The van der Waals surface area contributed by atoms with E-state index in [0.29, 0.717) is 33.7 Å². The van der Waals surface area contributed by atoms with Gasteiger partial charge in [-0.25, -0.2) is 8.42 Å². The lowest BCUT2D eigenvalue weighted by molar-refractivity contribution is 0.0976. The minimum atomic E-state index is -3.55. The molecule has 0 atom stereocenters. The summed E-state index contributed by atoms with van der Waals surface area (Å²) in [4.78, 5) is 24.5. The number of nitrogens with zero attached hydrogens (tertiary/aromatic N) is 1. The summed E-state index contributed by atoms with van der Waals surface area (Å²) in [6.07, 6.45) is 1.58. The Kier molecular flexibility index (Phi) is 6.16. The maximum absolute atomic E-state index is 12.7. The topological polar surface area (TPSA) is 134 Å². The van der Waals surface area contributed by atoms with Crippen molar-refractivity contribution in [1.29, 1.82) is 0 Å². The Bertz CT molecular complexity index is 1610. The Morgan fingerprint density at radius 1 is 1.11 bits per heavy atom. The van der Waals surface area contributed by atoms with Crippen LogP contribution in [0.1, 0.15) is 28.6 Å². The predicted octanol–water partition coefficient (Wildman–Crippen LogP) is 4.07. The van der Waals surface area contributed by atoms with Crippen LogP contribution in [0.15, 0.2) is 57.9 Å². The van der Waals surface area contributed by atoms with Crippen LogP contribution in [0.5, 0.6) is 11.5 Å². The van der Waals surface area contributed by atoms with Crippen molar-refractivity contribution < 1.29 is 22.4 Å². The van der Waals surface area contributed by atoms with Gasteiger partial charge >= 0.3 is 0 Å². The number of carbonyl (C=O) groups is 1. The third-order valence-electron chi connectivity index (χ3n) is 5.65. The van der Waals surface area contributed by atoms with Crippen LogP contribution in [0.3, 0.4) is 0 Å². The molecule has 1 amide bonds. The molecular weight excluding hydrogens is 470 g/mol. The first kappa shape index (κ1) is 24.1. The highest BCUT2D eigenvalue weighted by Gasteiger charge is 2.21. The number of hydrogen-bond donors (Lipinski definition) is 2. The molecule has 0 saturated carbocycles. The molecule has 0 aliphatic heterocycles. The molecule has 182 valence electrons. The summed E-state index contributed by atoms with van der Waals surface area (Å²) in [6.45, 7) is 5.38. The van der Waals surface area contributed by atoms with Crippen molar-refractivity contribution in [2.75, 3.05) is 10.5 Å². The smallest absolute Gasteiger partial charge is 0.293 e. The molecule has 0 unspecified atom stereocenters. The van der Waals surface area contributed by atoms with Gasteiger partial charge in [-0.1, -0.05) is 18.2 Å². The number of nitrogens with two attached hydrogens (primary N) is 1. The lowest BCUT2D eigenvalue weighted by Gasteiger charge is -2.17. The van der Waals surface area contributed by atoms with E-state index >= 15 is 0 Å². The molecule has 2 aromatic heterocycles. The Hall–Kier alpha value is -4.05. The highest BCUT2D eigenvalue weighted by Crippen LogP contribution is 2.40. The third kappa shape index (κ3) is 4.65. The van der Waals surface area contributed by atoms with E-state index in [1.54, 1.807) is 31.4 Å². The van der Waals surface area contributed by atoms with Crippen molar-refractivity contribution in [2.45, 2.75) is 20.8 Å². The number of furan rings is 1. The standard InChI is InChI=1S/C25H25N3O6S/c1-5-35(31,32)27-16-9-10-20(33-22-14(2)7-6-8-15(22)3)17(11-16)19-13-28(4)25(30)23-18(19)12-21(34-23)24(26)29/h6-13,27H,5H2,1-4H3,(H2,26,29). The minimum Gasteiger partial charge on any atom is -0.456 e. The number of ether oxygens (including phenoxy) is 1. The lowest BCUT2D eigenvalue weighted by atomic mass is 10.0. The number of primary amides is 1. The van der Waals surface area contributed by atoms with Crippen molar-refractivity contribution >= 4 is 32.6 Å². The van der Waals surface area contributed by atoms with Crippen molar-refractivity contribution in [3.63, 3.8) is 0 Å². The number of anilines is 1. The molecule has 0 fully saturated rings. The number of sulfonamides is 1. The van der Waals surface area contributed by atoms with Gasteiger partial charge in [0, 0.05) is 35.4 Å². The first-order valence-corrected chi connectivity index (χ1v) is 12.5. The second-order valence-corrected chi connectivity index (χ2v) is 10.2. The molecule has 0 spiro atoms. The van der Waals surface area contributed by atoms with Gasteiger partial charge < -0.3 is 19.5 Å². The summed E-state index contributed by atoms with van der Waals surface area (Å²) in [6, 6.07) is 12.0. The van der Waals surface area contributed by atoms with Gasteiger partial charge in [-0.2, -0.15) is 0 Å². The fraction of sp³-hybridized carbons (Fsp3) is 0.200. The van der Waals surface area contributed by atoms with Gasteiger partial charge in [-0.3, -0.25) is 14.3 Å². The van der Waals surface area contributed by atoms with E-state index in [0.717, 1.165) is 11.1 Å². The van der Waals surface area contributed by atoms with Crippen LogP contribution in [0.4, 0.5) is 5.69 Å². The van der Waals surface area contributed by atoms with Gasteiger partial charge in [0.2, 0.25) is 15.6 Å². The molecule has 4 aromatic rings. The number of fused-ring (bicyclic) bond motifs is 1. The number of aryl methyl sites for hydroxylation is 3. The van der Waals surface area contributed by atoms with Gasteiger partial charge in [0.1, 0.15) is 11.5 Å². The van der Waals surface area contributed by atoms with Gasteiger partial charge in [0.05, 0.1) is 5.75 Å². The van der Waals surface area contributed by atoms with E-state index in [9.17, 15) is 18.0 Å². The summed E-state index contributed by atoms with van der Waals surface area (Å²) in [5, 5.41) is 0.351. The first-order chi connectivity index (χ1) is 16.5. The van der Waals surface area contributed by atoms with Crippen molar-refractivity contribution in [3.8, 4) is 22.6 Å². The van der Waals surface area contributed by atoms with E-state index in [2.05, 4.69) is 4.72 Å². The Balaban J connectivity index is 2.00. The molecule has 0 aliphatic carbocycles. The number of hydrogen-bond acceptors (Lipinski definition) is 6. The largest absolute Gasteiger partial charge is 0.456 e. The summed E-state index contributed by atoms with van der Waals surface area (Å²) < 4.78 is 40.1. The molecule has 3 N–H and O–H groups in total. The molecule has 9 nitrogen and oxygen atoms in total. The van der Waals surface area contributed by atoms with Crippen LogP contribution in [-0.2, 0) is 17.1 Å². The maximum atomic E-state index is 12.7. The lowest BCUT2D eigenvalue weighted by Crippen LogP contribution is -2.16. The minimum absolute atomic E-state index is 0.0450. The molecule has 0 bridgehead atoms. The highest BCUT2D eigenvalue weighted by atomic mass is 32.2. The van der Waals surface area contributed by atoms with Crippen LogP contribution in [0.2, 0.25) is 0 Å². The zero-order chi connectivity index (χ0) is 25.5. The van der Waals surface area contributed by atoms with E-state index in [-0.39, 0.29) is 17.1 Å². The normalized spacial score (nSPS) is 11.5. The molecule has 2 heterocycles. The number of aromatic nitrogens is 1. The van der Waals surface area contributed by atoms with Crippen molar-refractivity contribution in [1.82, 2.24) is 4.57 Å². The molecular formula is C25H25N3O6S. The van der Waals surface area contributed by atoms with Gasteiger partial charge in [0.25, 0.3) is 11.5 Å². The number of pyridine rings is 1. The molecule has 0 saturated heterocycles. The van der Waals surface area contributed by atoms with E-state index in [1.165, 1.54) is 17.6 Å². The Morgan fingerprint density at radius 3 is 2.43 bits per heavy atom. The number of carbonyl (C=O) groups excluding carboxylic acids is 1. The summed E-state index contributed by atoms with van der Waals surface area (Å²) >= 11 is 0. The quantitative estimate of drug-likeness (QED) is 0.397. The number of amides is 1. The Morgan fingerprint density at radius 2 is 1.80 bits per heavy atom. The zero-order valence-corrected chi connectivity index (χ0v) is 20.5. The van der Waals surface area contributed by atoms with Crippen LogP contribution in [-0.4, -0.2) is 24.6 Å². The zero-order valence-electron chi connectivity index (χ0n) is 19.7. The summed E-state index contributed by atoms with van der Waals surface area (Å²) in [5.41, 5.74) is 8.02. The highest BCUT2D eigenvalue weighted by molar-refractivity contribution is 7.92. The van der Waals surface area contributed by atoms with E-state index in [1.807, 2.05) is 32.0 Å². The Labute approximate surface area is 202 Å². The second kappa shape index (κ2) is 8.95. The summed E-state index contributed by atoms with van der Waals surface area (Å²) in [7, 11) is -2.00. The number of nitrogens with one attached hydrogen (secondary N) is 1. The van der Waals surface area contributed by atoms with Crippen molar-refractivity contribution in [2.24, 2.45) is 12.8 Å². The van der Waals surface area contributed by atoms with Gasteiger partial charge in [-0.15, -0.1) is 0 Å². The molecule has 2 aromatic carbocycles. The van der Waals surface area contributed by atoms with Crippen LogP contribution >= 0.6 is 0 Å². The van der Waals surface area contributed by atoms with Crippen LogP contribution in [0, 0.1) is 13.8 Å². The molecule has 0 aliphatic rings. The maximum Gasteiger partial charge on any atom is 0.293 e. The summed E-state index contributed by atoms with van der Waals surface area (Å²) in [5.74, 6) is -0.00263. The fourth-order valence-corrected chi connectivity index (χ4v) is 4.41. The van der Waals surface area contributed by atoms with E-state index in [4.69, 9.17) is 14.9 Å². The predicted molar refractivity (Wildman–Crippen MR) is 134 cm³/mol. The SMILES string of the molecule is CCS(=O)(=O)Nc1ccc(Oc2c(C)cccc2C)c(-c2cn(C)c(=O)c3oc(C(N)=O)cc23)c1. The van der Waals surface area contributed by atoms with Crippen LogP contribution in [0.25, 0.3) is 22.1 Å². The van der Waals surface area contributed by atoms with Crippen molar-refractivity contribution in [3.05, 3.63) is 75.9 Å². The average Bonchev–Trinajstić information content (AvgIpc) is 3.26. The van der Waals surface area contributed by atoms with Gasteiger partial charge in [-0.05, 0) is 56.2 Å². The molecule has 35 heavy (non-hydrogen) atoms. The average molecular weight is 496 g/mol. The van der Waals surface area contributed by atoms with E-state index < -0.39 is 21.5 Å².